The van der Waals surface area contributed by atoms with E-state index in [0.29, 0.717) is 23.5 Å². The number of halogens is 1. The van der Waals surface area contributed by atoms with Crippen LogP contribution in [-0.2, 0) is 15.0 Å². The van der Waals surface area contributed by atoms with Gasteiger partial charge >= 0.3 is 0 Å². The second-order valence-electron chi connectivity index (χ2n) is 7.13. The summed E-state index contributed by atoms with van der Waals surface area (Å²) in [5.41, 5.74) is 6.46. The van der Waals surface area contributed by atoms with Gasteiger partial charge in [0.15, 0.2) is 5.54 Å². The second-order valence-corrected chi connectivity index (χ2v) is 7.13. The summed E-state index contributed by atoms with van der Waals surface area (Å²) < 4.78 is 32.0. The Bertz CT molecular complexity index is 934. The molecule has 3 atom stereocenters. The largest absolute Gasteiger partial charge is 0.484 e. The van der Waals surface area contributed by atoms with Crippen molar-refractivity contribution in [1.82, 2.24) is 4.98 Å². The van der Waals surface area contributed by atoms with Gasteiger partial charge in [-0.05, 0) is 36.8 Å². The topological polar surface area (TPSA) is 79.0 Å². The Hall–Kier alpha value is -2.67. The van der Waals surface area contributed by atoms with Crippen molar-refractivity contribution in [1.29, 1.82) is 0 Å². The molecule has 1 aromatic carbocycles. The molecule has 7 heteroatoms. The number of aliphatic imine (C=N–C) groups is 1. The number of rotatable bonds is 1. The minimum Gasteiger partial charge on any atom is -0.484 e. The number of ether oxygens (including phenoxy) is 3. The molecule has 6 nitrogen and oxygen atoms in total. The third kappa shape index (κ3) is 2.00. The van der Waals surface area contributed by atoms with Crippen LogP contribution < -0.4 is 10.5 Å². The molecule has 0 aliphatic carbocycles. The zero-order chi connectivity index (χ0) is 17.9. The van der Waals surface area contributed by atoms with Crippen LogP contribution in [0.2, 0.25) is 0 Å². The summed E-state index contributed by atoms with van der Waals surface area (Å²) in [6.45, 7) is 2.87. The lowest BCUT2D eigenvalue weighted by atomic mass is 9.74. The zero-order valence-electron chi connectivity index (χ0n) is 14.2. The lowest BCUT2D eigenvalue weighted by Gasteiger charge is -2.45. The van der Waals surface area contributed by atoms with E-state index < -0.39 is 17.1 Å². The van der Waals surface area contributed by atoms with Gasteiger partial charge in [-0.2, -0.15) is 4.39 Å². The van der Waals surface area contributed by atoms with Crippen molar-refractivity contribution in [3.63, 3.8) is 0 Å². The summed E-state index contributed by atoms with van der Waals surface area (Å²) in [5, 5.41) is 0. The van der Waals surface area contributed by atoms with Gasteiger partial charge < -0.3 is 19.9 Å². The van der Waals surface area contributed by atoms with Crippen LogP contribution in [0, 0.1) is 5.95 Å². The molecule has 1 aromatic heterocycles. The van der Waals surface area contributed by atoms with Crippen LogP contribution in [0.4, 0.5) is 4.39 Å². The SMILES string of the molecule is C[C@]12CCO[C@H]1[C@]1(COC(N)=N1)c1cc(-c3cccnc3F)ccc1O2. The molecule has 3 aliphatic heterocycles. The number of hydrogen-bond acceptors (Lipinski definition) is 6. The number of nitrogens with two attached hydrogens (primary N) is 1. The van der Waals surface area contributed by atoms with E-state index in [0.717, 1.165) is 12.0 Å². The van der Waals surface area contributed by atoms with Crippen LogP contribution >= 0.6 is 0 Å². The van der Waals surface area contributed by atoms with Crippen molar-refractivity contribution >= 4 is 6.02 Å². The van der Waals surface area contributed by atoms with Gasteiger partial charge in [-0.25, -0.2) is 9.98 Å². The van der Waals surface area contributed by atoms with E-state index in [2.05, 4.69) is 9.98 Å². The highest BCUT2D eigenvalue weighted by molar-refractivity contribution is 5.76. The monoisotopic (exact) mass is 355 g/mol. The maximum Gasteiger partial charge on any atom is 0.283 e. The Kier molecular flexibility index (Phi) is 3.10. The first kappa shape index (κ1) is 15.6. The van der Waals surface area contributed by atoms with Gasteiger partial charge in [0, 0.05) is 23.7 Å². The average molecular weight is 355 g/mol. The van der Waals surface area contributed by atoms with Crippen LogP contribution in [-0.4, -0.2) is 35.9 Å². The maximum absolute atomic E-state index is 14.2. The zero-order valence-corrected chi connectivity index (χ0v) is 14.2. The number of nitrogens with zero attached hydrogens (tertiary/aromatic N) is 2. The molecule has 0 saturated carbocycles. The number of pyridine rings is 1. The highest BCUT2D eigenvalue weighted by atomic mass is 19.1. The standard InChI is InChI=1S/C19H18FN3O3/c1-18-6-8-24-16(18)19(10-25-17(21)23-19)13-9-11(4-5-14(13)26-18)12-3-2-7-22-15(12)20/h2-5,7,9,16H,6,8,10H2,1H3,(H2,21,23)/t16-,18+,19+/m1/s1. The lowest BCUT2D eigenvalue weighted by molar-refractivity contribution is -0.0756. The molecule has 5 rings (SSSR count). The highest BCUT2D eigenvalue weighted by Crippen LogP contribution is 2.53. The molecule has 0 bridgehead atoms. The van der Waals surface area contributed by atoms with Gasteiger partial charge in [-0.1, -0.05) is 6.07 Å². The summed E-state index contributed by atoms with van der Waals surface area (Å²) in [6.07, 6.45) is 1.86. The normalized spacial score (nSPS) is 31.8. The van der Waals surface area contributed by atoms with E-state index >= 15 is 0 Å². The smallest absolute Gasteiger partial charge is 0.283 e. The molecule has 3 aliphatic rings. The number of amidine groups is 1. The number of benzene rings is 1. The summed E-state index contributed by atoms with van der Waals surface area (Å²) in [6, 6.07) is 9.09. The van der Waals surface area contributed by atoms with Crippen LogP contribution in [0.15, 0.2) is 41.5 Å². The summed E-state index contributed by atoms with van der Waals surface area (Å²) in [5.74, 6) is 0.176. The van der Waals surface area contributed by atoms with Crippen LogP contribution in [0.25, 0.3) is 11.1 Å². The first-order valence-electron chi connectivity index (χ1n) is 8.56. The molecule has 1 spiro atoms. The van der Waals surface area contributed by atoms with E-state index in [1.54, 1.807) is 12.1 Å². The van der Waals surface area contributed by atoms with Gasteiger partial charge in [0.2, 0.25) is 5.95 Å². The Morgan fingerprint density at radius 2 is 2.19 bits per heavy atom. The Balaban J connectivity index is 1.72. The van der Waals surface area contributed by atoms with Crippen molar-refractivity contribution in [3.8, 4) is 16.9 Å². The van der Waals surface area contributed by atoms with Gasteiger partial charge in [0.05, 0.1) is 6.61 Å². The molecule has 4 heterocycles. The molecule has 2 N–H and O–H groups in total. The summed E-state index contributed by atoms with van der Waals surface area (Å²) in [7, 11) is 0. The number of fused-ring (bicyclic) bond motifs is 4. The first-order chi connectivity index (χ1) is 12.5. The fourth-order valence-electron chi connectivity index (χ4n) is 4.27. The van der Waals surface area contributed by atoms with Gasteiger partial charge in [0.1, 0.15) is 24.1 Å². The Morgan fingerprint density at radius 3 is 2.96 bits per heavy atom. The molecule has 0 radical (unpaired) electrons. The van der Waals surface area contributed by atoms with E-state index in [1.807, 2.05) is 25.1 Å². The predicted molar refractivity (Wildman–Crippen MR) is 92.3 cm³/mol. The predicted octanol–water partition coefficient (Wildman–Crippen LogP) is 2.37. The summed E-state index contributed by atoms with van der Waals surface area (Å²) >= 11 is 0. The fraction of sp³-hybridized carbons (Fsp3) is 0.368. The Morgan fingerprint density at radius 1 is 1.31 bits per heavy atom. The van der Waals surface area contributed by atoms with E-state index in [9.17, 15) is 4.39 Å². The van der Waals surface area contributed by atoms with E-state index in [-0.39, 0.29) is 18.7 Å². The second kappa shape index (κ2) is 5.17. The lowest BCUT2D eigenvalue weighted by Crippen LogP contribution is -2.57. The first-order valence-corrected chi connectivity index (χ1v) is 8.56. The molecular formula is C19H18FN3O3. The van der Waals surface area contributed by atoms with Gasteiger partial charge in [-0.15, -0.1) is 0 Å². The summed E-state index contributed by atoms with van der Waals surface area (Å²) in [4.78, 5) is 8.36. The minimum atomic E-state index is -0.794. The molecule has 2 aromatic rings. The Labute approximate surface area is 149 Å². The molecular weight excluding hydrogens is 337 g/mol. The van der Waals surface area contributed by atoms with Gasteiger partial charge in [-0.3, -0.25) is 0 Å². The van der Waals surface area contributed by atoms with E-state index in [1.165, 1.54) is 6.20 Å². The highest BCUT2D eigenvalue weighted by Gasteiger charge is 2.62. The molecule has 26 heavy (non-hydrogen) atoms. The van der Waals surface area contributed by atoms with Crippen LogP contribution in [0.3, 0.4) is 0 Å². The minimum absolute atomic E-state index is 0.133. The molecule has 1 fully saturated rings. The van der Waals surface area contributed by atoms with Crippen LogP contribution in [0.1, 0.15) is 18.9 Å². The average Bonchev–Trinajstić information content (AvgIpc) is 3.20. The third-order valence-electron chi connectivity index (χ3n) is 5.48. The number of aromatic nitrogens is 1. The maximum atomic E-state index is 14.2. The van der Waals surface area contributed by atoms with Crippen molar-refractivity contribution in [2.75, 3.05) is 13.2 Å². The van der Waals surface area contributed by atoms with Crippen molar-refractivity contribution in [2.24, 2.45) is 10.7 Å². The van der Waals surface area contributed by atoms with Crippen LogP contribution in [0.5, 0.6) is 5.75 Å². The van der Waals surface area contributed by atoms with Crippen molar-refractivity contribution in [2.45, 2.75) is 30.6 Å². The van der Waals surface area contributed by atoms with Gasteiger partial charge in [0.25, 0.3) is 6.02 Å². The fourth-order valence-corrected chi connectivity index (χ4v) is 4.27. The van der Waals surface area contributed by atoms with E-state index in [4.69, 9.17) is 19.9 Å². The molecule has 1 saturated heterocycles. The number of hydrogen-bond donors (Lipinski definition) is 1. The molecule has 0 amide bonds. The third-order valence-corrected chi connectivity index (χ3v) is 5.48. The van der Waals surface area contributed by atoms with Crippen molar-refractivity contribution < 1.29 is 18.6 Å². The molecule has 134 valence electrons. The molecule has 0 unspecified atom stereocenters. The quantitative estimate of drug-likeness (QED) is 0.795. The van der Waals surface area contributed by atoms with Crippen molar-refractivity contribution in [3.05, 3.63) is 48.0 Å².